The third kappa shape index (κ3) is 3.47. The molecule has 17 heavy (non-hydrogen) atoms. The Morgan fingerprint density at radius 2 is 1.88 bits per heavy atom. The number of rotatable bonds is 5. The first kappa shape index (κ1) is 14.0. The van der Waals surface area contributed by atoms with Crippen molar-refractivity contribution in [1.29, 1.82) is 0 Å². The summed E-state index contributed by atoms with van der Waals surface area (Å²) in [6, 6.07) is 4.71. The molecular formula is C15H25NO. The quantitative estimate of drug-likeness (QED) is 0.841. The van der Waals surface area contributed by atoms with Crippen LogP contribution < -0.4 is 10.1 Å². The first-order valence-electron chi connectivity index (χ1n) is 6.32. The standard InChI is InChI=1S/C15H25NO/c1-10(2)7-13(16-5)15-12(4)8-11(3)9-14(15)17-6/h8-10,13,16H,7H2,1-6H3. The van der Waals surface area contributed by atoms with Crippen molar-refractivity contribution in [3.63, 3.8) is 0 Å². The molecule has 0 amide bonds. The van der Waals surface area contributed by atoms with Crippen LogP contribution in [0.2, 0.25) is 0 Å². The van der Waals surface area contributed by atoms with E-state index in [-0.39, 0.29) is 0 Å². The smallest absolute Gasteiger partial charge is 0.124 e. The minimum absolute atomic E-state index is 0.366. The number of hydrogen-bond donors (Lipinski definition) is 1. The van der Waals surface area contributed by atoms with Crippen molar-refractivity contribution in [2.24, 2.45) is 5.92 Å². The van der Waals surface area contributed by atoms with E-state index in [2.05, 4.69) is 45.1 Å². The van der Waals surface area contributed by atoms with E-state index in [1.54, 1.807) is 7.11 Å². The van der Waals surface area contributed by atoms with Gasteiger partial charge in [0.2, 0.25) is 0 Å². The Bertz CT molecular complexity index is 371. The molecule has 0 saturated heterocycles. The van der Waals surface area contributed by atoms with Crippen molar-refractivity contribution < 1.29 is 4.74 Å². The Morgan fingerprint density at radius 3 is 2.35 bits per heavy atom. The third-order valence-corrected chi connectivity index (χ3v) is 3.12. The van der Waals surface area contributed by atoms with E-state index in [0.29, 0.717) is 12.0 Å². The van der Waals surface area contributed by atoms with Gasteiger partial charge >= 0.3 is 0 Å². The van der Waals surface area contributed by atoms with Gasteiger partial charge < -0.3 is 10.1 Å². The molecule has 0 fully saturated rings. The fourth-order valence-electron chi connectivity index (χ4n) is 2.41. The summed E-state index contributed by atoms with van der Waals surface area (Å²) in [6.45, 7) is 8.77. The molecule has 0 saturated carbocycles. The van der Waals surface area contributed by atoms with Crippen LogP contribution in [0, 0.1) is 19.8 Å². The molecule has 1 aromatic carbocycles. The Morgan fingerprint density at radius 1 is 1.24 bits per heavy atom. The lowest BCUT2D eigenvalue weighted by molar-refractivity contribution is 0.387. The lowest BCUT2D eigenvalue weighted by atomic mass is 9.92. The van der Waals surface area contributed by atoms with Gasteiger partial charge in [-0.25, -0.2) is 0 Å². The molecule has 2 heteroatoms. The summed E-state index contributed by atoms with van der Waals surface area (Å²) in [5.74, 6) is 1.67. The van der Waals surface area contributed by atoms with Crippen LogP contribution >= 0.6 is 0 Å². The first-order valence-corrected chi connectivity index (χ1v) is 6.32. The zero-order chi connectivity index (χ0) is 13.0. The highest BCUT2D eigenvalue weighted by Gasteiger charge is 2.18. The normalized spacial score (nSPS) is 12.9. The highest BCUT2D eigenvalue weighted by molar-refractivity contribution is 5.45. The summed E-state index contributed by atoms with van der Waals surface area (Å²) in [5.41, 5.74) is 3.86. The number of benzene rings is 1. The van der Waals surface area contributed by atoms with Gasteiger partial charge in [0, 0.05) is 11.6 Å². The predicted octanol–water partition coefficient (Wildman–Crippen LogP) is 3.62. The van der Waals surface area contributed by atoms with Gasteiger partial charge in [-0.2, -0.15) is 0 Å². The molecule has 1 atom stereocenters. The van der Waals surface area contributed by atoms with E-state index in [9.17, 15) is 0 Å². The molecule has 0 aliphatic carbocycles. The molecule has 1 aromatic rings. The van der Waals surface area contributed by atoms with Crippen molar-refractivity contribution in [3.05, 3.63) is 28.8 Å². The largest absolute Gasteiger partial charge is 0.496 e. The molecule has 0 aliphatic rings. The summed E-state index contributed by atoms with van der Waals surface area (Å²) in [4.78, 5) is 0. The fraction of sp³-hybridized carbons (Fsp3) is 0.600. The summed E-state index contributed by atoms with van der Waals surface area (Å²) >= 11 is 0. The molecule has 0 spiro atoms. The van der Waals surface area contributed by atoms with Gasteiger partial charge in [0.1, 0.15) is 5.75 Å². The minimum Gasteiger partial charge on any atom is -0.496 e. The van der Waals surface area contributed by atoms with Crippen LogP contribution in [0.1, 0.15) is 43.0 Å². The molecule has 1 rings (SSSR count). The van der Waals surface area contributed by atoms with Crippen molar-refractivity contribution >= 4 is 0 Å². The Labute approximate surface area is 105 Å². The minimum atomic E-state index is 0.366. The van der Waals surface area contributed by atoms with Gasteiger partial charge in [-0.3, -0.25) is 0 Å². The number of aryl methyl sites for hydroxylation is 2. The second-order valence-corrected chi connectivity index (χ2v) is 5.17. The number of ether oxygens (including phenoxy) is 1. The van der Waals surface area contributed by atoms with Gasteiger partial charge in [0.05, 0.1) is 7.11 Å². The molecule has 1 N–H and O–H groups in total. The van der Waals surface area contributed by atoms with Crippen molar-refractivity contribution in [2.75, 3.05) is 14.2 Å². The molecular weight excluding hydrogens is 210 g/mol. The van der Waals surface area contributed by atoms with E-state index in [1.165, 1.54) is 16.7 Å². The molecule has 0 aromatic heterocycles. The molecule has 0 aliphatic heterocycles. The Hall–Kier alpha value is -1.02. The van der Waals surface area contributed by atoms with E-state index in [0.717, 1.165) is 12.2 Å². The molecule has 0 heterocycles. The Kier molecular flexibility index (Phi) is 5.01. The summed E-state index contributed by atoms with van der Waals surface area (Å²) in [7, 11) is 3.77. The lowest BCUT2D eigenvalue weighted by Gasteiger charge is -2.23. The van der Waals surface area contributed by atoms with Crippen LogP contribution in [0.4, 0.5) is 0 Å². The molecule has 2 nitrogen and oxygen atoms in total. The SMILES string of the molecule is CNC(CC(C)C)c1c(C)cc(C)cc1OC. The molecule has 0 bridgehead atoms. The van der Waals surface area contributed by atoms with Crippen LogP contribution in [-0.4, -0.2) is 14.2 Å². The van der Waals surface area contributed by atoms with Gasteiger partial charge in [0.25, 0.3) is 0 Å². The van der Waals surface area contributed by atoms with Crippen LogP contribution in [-0.2, 0) is 0 Å². The van der Waals surface area contributed by atoms with Crippen molar-refractivity contribution in [3.8, 4) is 5.75 Å². The Balaban J connectivity index is 3.17. The van der Waals surface area contributed by atoms with E-state index in [1.807, 2.05) is 7.05 Å². The topological polar surface area (TPSA) is 21.3 Å². The average Bonchev–Trinajstić information content (AvgIpc) is 2.25. The third-order valence-electron chi connectivity index (χ3n) is 3.12. The van der Waals surface area contributed by atoms with Crippen LogP contribution in [0.25, 0.3) is 0 Å². The monoisotopic (exact) mass is 235 g/mol. The highest BCUT2D eigenvalue weighted by Crippen LogP contribution is 2.33. The zero-order valence-corrected chi connectivity index (χ0v) is 11.9. The van der Waals surface area contributed by atoms with Crippen LogP contribution in [0.15, 0.2) is 12.1 Å². The average molecular weight is 235 g/mol. The maximum Gasteiger partial charge on any atom is 0.124 e. The maximum atomic E-state index is 5.53. The van der Waals surface area contributed by atoms with Crippen molar-refractivity contribution in [1.82, 2.24) is 5.32 Å². The van der Waals surface area contributed by atoms with E-state index in [4.69, 9.17) is 4.74 Å². The van der Waals surface area contributed by atoms with E-state index < -0.39 is 0 Å². The highest BCUT2D eigenvalue weighted by atomic mass is 16.5. The number of nitrogens with one attached hydrogen (secondary N) is 1. The fourth-order valence-corrected chi connectivity index (χ4v) is 2.41. The summed E-state index contributed by atoms with van der Waals surface area (Å²) < 4.78 is 5.53. The van der Waals surface area contributed by atoms with Crippen LogP contribution in [0.5, 0.6) is 5.75 Å². The second-order valence-electron chi connectivity index (χ2n) is 5.17. The number of hydrogen-bond acceptors (Lipinski definition) is 2. The lowest BCUT2D eigenvalue weighted by Crippen LogP contribution is -2.20. The predicted molar refractivity (Wildman–Crippen MR) is 73.7 cm³/mol. The maximum absolute atomic E-state index is 5.53. The van der Waals surface area contributed by atoms with Gasteiger partial charge in [-0.1, -0.05) is 19.9 Å². The number of methoxy groups -OCH3 is 1. The summed E-state index contributed by atoms with van der Waals surface area (Å²) in [6.07, 6.45) is 1.12. The van der Waals surface area contributed by atoms with Gasteiger partial charge in [-0.15, -0.1) is 0 Å². The van der Waals surface area contributed by atoms with E-state index >= 15 is 0 Å². The van der Waals surface area contributed by atoms with Crippen LogP contribution in [0.3, 0.4) is 0 Å². The first-order chi connectivity index (χ1) is 7.99. The van der Waals surface area contributed by atoms with Crippen molar-refractivity contribution in [2.45, 2.75) is 40.2 Å². The molecule has 0 radical (unpaired) electrons. The van der Waals surface area contributed by atoms with Gasteiger partial charge in [0.15, 0.2) is 0 Å². The molecule has 1 unspecified atom stereocenters. The summed E-state index contributed by atoms with van der Waals surface area (Å²) in [5, 5.41) is 3.40. The van der Waals surface area contributed by atoms with Gasteiger partial charge in [-0.05, 0) is 50.4 Å². The zero-order valence-electron chi connectivity index (χ0n) is 11.9. The second kappa shape index (κ2) is 6.06. The molecule has 96 valence electrons.